The molecule has 0 aromatic carbocycles. The molecule has 2 rings (SSSR count). The predicted octanol–water partition coefficient (Wildman–Crippen LogP) is 0.700. The summed E-state index contributed by atoms with van der Waals surface area (Å²) in [4.78, 5) is 16.0. The quantitative estimate of drug-likeness (QED) is 0.790. The first kappa shape index (κ1) is 12.8. The number of hydrogen-bond donors (Lipinski definition) is 1. The van der Waals surface area contributed by atoms with Crippen LogP contribution in [-0.2, 0) is 4.79 Å². The lowest BCUT2D eigenvalue weighted by atomic mass is 9.77. The molecule has 0 saturated carbocycles. The fourth-order valence-corrected chi connectivity index (χ4v) is 3.62. The molecular weight excluding hydrogens is 216 g/mol. The maximum Gasteiger partial charge on any atom is 0.220 e. The Kier molecular flexibility index (Phi) is 3.46. The van der Waals surface area contributed by atoms with Gasteiger partial charge in [-0.05, 0) is 18.8 Å². The van der Waals surface area contributed by atoms with E-state index in [4.69, 9.17) is 0 Å². The fourth-order valence-electron chi connectivity index (χ4n) is 3.62. The van der Waals surface area contributed by atoms with Crippen LogP contribution in [0.5, 0.6) is 0 Å². The molecule has 2 unspecified atom stereocenters. The van der Waals surface area contributed by atoms with Crippen molar-refractivity contribution in [1.29, 1.82) is 0 Å². The molecule has 98 valence electrons. The summed E-state index contributed by atoms with van der Waals surface area (Å²) in [6.45, 7) is 9.01. The van der Waals surface area contributed by atoms with E-state index in [-0.39, 0.29) is 24.1 Å². The smallest absolute Gasteiger partial charge is 0.220 e. The normalized spacial score (nSPS) is 33.5. The van der Waals surface area contributed by atoms with Gasteiger partial charge in [0.2, 0.25) is 5.91 Å². The second kappa shape index (κ2) is 4.58. The van der Waals surface area contributed by atoms with Crippen LogP contribution in [0.3, 0.4) is 0 Å². The summed E-state index contributed by atoms with van der Waals surface area (Å²) in [5, 5.41) is 9.61. The summed E-state index contributed by atoms with van der Waals surface area (Å²) < 4.78 is 0. The minimum atomic E-state index is -0.0600. The van der Waals surface area contributed by atoms with Gasteiger partial charge in [-0.2, -0.15) is 0 Å². The second-order valence-corrected chi connectivity index (χ2v) is 5.90. The first-order valence-electron chi connectivity index (χ1n) is 6.64. The highest BCUT2D eigenvalue weighted by atomic mass is 16.3. The SMILES string of the molecule is CC(=O)N1CCCC12CN(CC(C)C)C2CO. The molecule has 0 aliphatic carbocycles. The number of nitrogens with zero attached hydrogens (tertiary/aromatic N) is 2. The van der Waals surface area contributed by atoms with Crippen molar-refractivity contribution in [3.8, 4) is 0 Å². The Balaban J connectivity index is 2.09. The second-order valence-electron chi connectivity index (χ2n) is 5.90. The molecule has 2 atom stereocenters. The molecule has 0 radical (unpaired) electrons. The van der Waals surface area contributed by atoms with Gasteiger partial charge in [-0.15, -0.1) is 0 Å². The van der Waals surface area contributed by atoms with Gasteiger partial charge in [-0.3, -0.25) is 9.69 Å². The van der Waals surface area contributed by atoms with Gasteiger partial charge in [0, 0.05) is 26.6 Å². The van der Waals surface area contributed by atoms with Crippen molar-refractivity contribution in [3.05, 3.63) is 0 Å². The van der Waals surface area contributed by atoms with Crippen LogP contribution in [0.25, 0.3) is 0 Å². The van der Waals surface area contributed by atoms with E-state index in [1.807, 2.05) is 4.90 Å². The van der Waals surface area contributed by atoms with Gasteiger partial charge in [0.1, 0.15) is 0 Å². The Morgan fingerprint density at radius 3 is 2.76 bits per heavy atom. The standard InChI is InChI=1S/C13H24N2O2/c1-10(2)7-14-9-13(12(14)8-16)5-4-6-15(13)11(3)17/h10,12,16H,4-9H2,1-3H3. The van der Waals surface area contributed by atoms with Gasteiger partial charge in [-0.25, -0.2) is 0 Å². The van der Waals surface area contributed by atoms with Gasteiger partial charge in [0.15, 0.2) is 0 Å². The molecule has 4 heteroatoms. The van der Waals surface area contributed by atoms with E-state index < -0.39 is 0 Å². The van der Waals surface area contributed by atoms with Gasteiger partial charge < -0.3 is 10.0 Å². The first-order chi connectivity index (χ1) is 8.01. The van der Waals surface area contributed by atoms with Crippen LogP contribution >= 0.6 is 0 Å². The first-order valence-corrected chi connectivity index (χ1v) is 6.64. The number of aliphatic hydroxyl groups is 1. The topological polar surface area (TPSA) is 43.8 Å². The minimum Gasteiger partial charge on any atom is -0.395 e. The number of hydrogen-bond acceptors (Lipinski definition) is 3. The maximum atomic E-state index is 11.7. The molecule has 0 bridgehead atoms. The number of carbonyl (C=O) groups is 1. The average Bonchev–Trinajstić information content (AvgIpc) is 2.62. The highest BCUT2D eigenvalue weighted by Crippen LogP contribution is 2.43. The summed E-state index contributed by atoms with van der Waals surface area (Å²) in [7, 11) is 0. The molecule has 2 saturated heterocycles. The molecule has 1 amide bonds. The molecule has 17 heavy (non-hydrogen) atoms. The van der Waals surface area contributed by atoms with Gasteiger partial charge in [-0.1, -0.05) is 13.8 Å². The summed E-state index contributed by atoms with van der Waals surface area (Å²) >= 11 is 0. The van der Waals surface area contributed by atoms with Gasteiger partial charge in [0.25, 0.3) is 0 Å². The molecular formula is C13H24N2O2. The van der Waals surface area contributed by atoms with Crippen molar-refractivity contribution in [2.45, 2.75) is 45.2 Å². The predicted molar refractivity (Wildman–Crippen MR) is 66.6 cm³/mol. The number of rotatable bonds is 3. The lowest BCUT2D eigenvalue weighted by molar-refractivity contribution is -0.153. The zero-order valence-corrected chi connectivity index (χ0v) is 11.1. The highest BCUT2D eigenvalue weighted by Gasteiger charge is 2.58. The third-order valence-corrected chi connectivity index (χ3v) is 4.22. The zero-order valence-electron chi connectivity index (χ0n) is 11.1. The molecule has 4 nitrogen and oxygen atoms in total. The number of aliphatic hydroxyl groups excluding tert-OH is 1. The van der Waals surface area contributed by atoms with Crippen LogP contribution in [0.2, 0.25) is 0 Å². The highest BCUT2D eigenvalue weighted by molar-refractivity contribution is 5.75. The van der Waals surface area contributed by atoms with E-state index >= 15 is 0 Å². The van der Waals surface area contributed by atoms with E-state index in [0.717, 1.165) is 32.5 Å². The Labute approximate surface area is 104 Å². The summed E-state index contributed by atoms with van der Waals surface area (Å²) in [5.41, 5.74) is -0.0600. The number of carbonyl (C=O) groups excluding carboxylic acids is 1. The maximum absolute atomic E-state index is 11.7. The van der Waals surface area contributed by atoms with Crippen LogP contribution in [-0.4, -0.2) is 58.6 Å². The third-order valence-electron chi connectivity index (χ3n) is 4.22. The van der Waals surface area contributed by atoms with Crippen LogP contribution in [0.4, 0.5) is 0 Å². The Morgan fingerprint density at radius 2 is 2.24 bits per heavy atom. The molecule has 0 aromatic heterocycles. The molecule has 1 spiro atoms. The summed E-state index contributed by atoms with van der Waals surface area (Å²) in [6, 6.07) is 0.149. The zero-order chi connectivity index (χ0) is 12.6. The van der Waals surface area contributed by atoms with Crippen molar-refractivity contribution < 1.29 is 9.90 Å². The molecule has 1 N–H and O–H groups in total. The lowest BCUT2D eigenvalue weighted by Gasteiger charge is -2.59. The van der Waals surface area contributed by atoms with E-state index in [2.05, 4.69) is 18.7 Å². The fraction of sp³-hybridized carbons (Fsp3) is 0.923. The number of likely N-dealkylation sites (tertiary alicyclic amines) is 2. The van der Waals surface area contributed by atoms with Gasteiger partial charge in [0.05, 0.1) is 18.2 Å². The van der Waals surface area contributed by atoms with Crippen LogP contribution in [0.15, 0.2) is 0 Å². The van der Waals surface area contributed by atoms with Crippen molar-refractivity contribution in [2.75, 3.05) is 26.2 Å². The Morgan fingerprint density at radius 1 is 1.53 bits per heavy atom. The van der Waals surface area contributed by atoms with Crippen LogP contribution in [0.1, 0.15) is 33.6 Å². The lowest BCUT2D eigenvalue weighted by Crippen LogP contribution is -2.76. The summed E-state index contributed by atoms with van der Waals surface area (Å²) in [6.07, 6.45) is 2.12. The van der Waals surface area contributed by atoms with Crippen molar-refractivity contribution >= 4 is 5.91 Å². The average molecular weight is 240 g/mol. The van der Waals surface area contributed by atoms with Gasteiger partial charge >= 0.3 is 0 Å². The molecule has 2 aliphatic heterocycles. The Hall–Kier alpha value is -0.610. The van der Waals surface area contributed by atoms with E-state index in [9.17, 15) is 9.90 Å². The minimum absolute atomic E-state index is 0.0600. The monoisotopic (exact) mass is 240 g/mol. The van der Waals surface area contributed by atoms with Crippen LogP contribution in [0, 0.1) is 5.92 Å². The van der Waals surface area contributed by atoms with Crippen LogP contribution < -0.4 is 0 Å². The van der Waals surface area contributed by atoms with Crippen molar-refractivity contribution in [2.24, 2.45) is 5.92 Å². The Bertz CT molecular complexity index is 306. The molecule has 2 fully saturated rings. The van der Waals surface area contributed by atoms with E-state index in [0.29, 0.717) is 5.92 Å². The largest absolute Gasteiger partial charge is 0.395 e. The molecule has 2 heterocycles. The number of amides is 1. The third kappa shape index (κ3) is 1.97. The molecule has 2 aliphatic rings. The van der Waals surface area contributed by atoms with E-state index in [1.54, 1.807) is 6.92 Å². The van der Waals surface area contributed by atoms with Crippen molar-refractivity contribution in [1.82, 2.24) is 9.80 Å². The van der Waals surface area contributed by atoms with E-state index in [1.165, 1.54) is 0 Å². The van der Waals surface area contributed by atoms with Crippen molar-refractivity contribution in [3.63, 3.8) is 0 Å². The molecule has 0 aromatic rings. The summed E-state index contributed by atoms with van der Waals surface area (Å²) in [5.74, 6) is 0.763.